The summed E-state index contributed by atoms with van der Waals surface area (Å²) in [6.45, 7) is 10.4. The van der Waals surface area contributed by atoms with Gasteiger partial charge < -0.3 is 18.7 Å². The Morgan fingerprint density at radius 1 is 1.25 bits per heavy atom. The number of ketones is 1. The third kappa shape index (κ3) is 5.41. The number of allylic oxidation sites excluding steroid dienone is 6. The van der Waals surface area contributed by atoms with E-state index >= 15 is 0 Å². The lowest BCUT2D eigenvalue weighted by Gasteiger charge is -2.43. The quantitative estimate of drug-likeness (QED) is 0.171. The Morgan fingerprint density at radius 3 is 2.75 bits per heavy atom. The number of nitrogens with zero attached hydrogens (tertiary/aromatic N) is 1. The van der Waals surface area contributed by atoms with E-state index in [-0.39, 0.29) is 18.6 Å². The normalized spacial score (nSPS) is 22.6. The maximum atomic E-state index is 13.1. The molecule has 1 unspecified atom stereocenters. The number of hydrogen-bond acceptors (Lipinski definition) is 4. The van der Waals surface area contributed by atoms with Gasteiger partial charge in [-0.3, -0.25) is 4.79 Å². The summed E-state index contributed by atoms with van der Waals surface area (Å²) in [6.07, 6.45) is 13.1. The number of quaternary nitrogens is 1. The fourth-order valence-corrected chi connectivity index (χ4v) is 6.33. The molecule has 1 aromatic carbocycles. The van der Waals surface area contributed by atoms with Crippen LogP contribution >= 0.6 is 0 Å². The zero-order valence-electron chi connectivity index (χ0n) is 23.3. The highest BCUT2D eigenvalue weighted by Crippen LogP contribution is 2.51. The van der Waals surface area contributed by atoms with Crippen LogP contribution in [0.1, 0.15) is 83.4 Å². The molecule has 196 valence electrons. The predicted molar refractivity (Wildman–Crippen MR) is 145 cm³/mol. The van der Waals surface area contributed by atoms with Gasteiger partial charge in [0.1, 0.15) is 6.04 Å². The molecule has 3 aliphatic rings. The van der Waals surface area contributed by atoms with Gasteiger partial charge in [0, 0.05) is 6.42 Å². The number of carbonyl (C=O) groups is 1. The summed E-state index contributed by atoms with van der Waals surface area (Å²) in [5.41, 5.74) is 7.12. The van der Waals surface area contributed by atoms with Gasteiger partial charge in [0.05, 0.1) is 39.7 Å². The smallest absolute Gasteiger partial charge is 0.231 e. The number of benzene rings is 1. The number of methoxy groups -OCH3 is 1. The minimum absolute atomic E-state index is 0.00359. The van der Waals surface area contributed by atoms with E-state index in [9.17, 15) is 4.79 Å². The standard InChI is InChI=1S/C31H44NO4/c1-21(13-14-25-22(2)11-9-16-31(25,3)4)10-8-12-24(33)19-26-28-23(15-17-32(26,5)6)18-27-29(30(28)34-7)36-20-35-27/h8,10,12,18,26H,9,11,13-17,19-20H2,1-7H3/q+1. The number of fused-ring (bicyclic) bond motifs is 2. The number of rotatable bonds is 8. The molecule has 0 radical (unpaired) electrons. The molecule has 0 aromatic heterocycles. The lowest BCUT2D eigenvalue weighted by molar-refractivity contribution is -0.922. The average molecular weight is 495 g/mol. The molecule has 0 spiro atoms. The van der Waals surface area contributed by atoms with Crippen molar-refractivity contribution in [2.45, 2.75) is 78.7 Å². The monoisotopic (exact) mass is 494 g/mol. The Bertz CT molecular complexity index is 1110. The van der Waals surface area contributed by atoms with Crippen LogP contribution in [0.5, 0.6) is 17.2 Å². The molecule has 0 saturated heterocycles. The summed E-state index contributed by atoms with van der Waals surface area (Å²) in [5, 5.41) is 0. The Kier molecular flexibility index (Phi) is 7.70. The molecule has 0 fully saturated rings. The number of ether oxygens (including phenoxy) is 3. The van der Waals surface area contributed by atoms with E-state index in [0.717, 1.165) is 47.4 Å². The minimum atomic E-state index is 0.00359. The molecule has 5 nitrogen and oxygen atoms in total. The number of hydrogen-bond donors (Lipinski definition) is 0. The summed E-state index contributed by atoms with van der Waals surface area (Å²) in [5.74, 6) is 2.26. The second-order valence-corrected chi connectivity index (χ2v) is 12.0. The average Bonchev–Trinajstić information content (AvgIpc) is 3.27. The van der Waals surface area contributed by atoms with Crippen LogP contribution in [-0.2, 0) is 11.2 Å². The van der Waals surface area contributed by atoms with Gasteiger partial charge in [-0.15, -0.1) is 0 Å². The van der Waals surface area contributed by atoms with Gasteiger partial charge in [0.2, 0.25) is 12.5 Å². The molecule has 2 heterocycles. The second kappa shape index (κ2) is 10.5. The first-order valence-electron chi connectivity index (χ1n) is 13.4. The fourth-order valence-electron chi connectivity index (χ4n) is 6.33. The maximum absolute atomic E-state index is 13.1. The Hall–Kier alpha value is -2.53. The Balaban J connectivity index is 1.45. The first kappa shape index (κ1) is 26.5. The first-order chi connectivity index (χ1) is 17.0. The van der Waals surface area contributed by atoms with Gasteiger partial charge in [-0.05, 0) is 69.1 Å². The van der Waals surface area contributed by atoms with E-state index in [4.69, 9.17) is 14.2 Å². The van der Waals surface area contributed by atoms with Crippen molar-refractivity contribution in [3.05, 3.63) is 52.1 Å². The molecule has 0 amide bonds. The van der Waals surface area contributed by atoms with Gasteiger partial charge >= 0.3 is 0 Å². The van der Waals surface area contributed by atoms with E-state index in [1.54, 1.807) is 24.3 Å². The van der Waals surface area contributed by atoms with Crippen LogP contribution in [0.25, 0.3) is 0 Å². The molecule has 1 aliphatic carbocycles. The third-order valence-electron chi connectivity index (χ3n) is 8.59. The van der Waals surface area contributed by atoms with Crippen LogP contribution in [0, 0.1) is 5.41 Å². The number of likely N-dealkylation sites (N-methyl/N-ethyl adjacent to an activating group) is 1. The Labute approximate surface area is 217 Å². The van der Waals surface area contributed by atoms with Crippen molar-refractivity contribution < 1.29 is 23.5 Å². The van der Waals surface area contributed by atoms with E-state index in [0.29, 0.717) is 17.6 Å². The molecule has 0 N–H and O–H groups in total. The largest absolute Gasteiger partial charge is 0.492 e. The molecular formula is C31H44NO4+. The van der Waals surface area contributed by atoms with Crippen LogP contribution in [0.15, 0.2) is 41.0 Å². The van der Waals surface area contributed by atoms with E-state index in [2.05, 4.69) is 53.9 Å². The van der Waals surface area contributed by atoms with Crippen LogP contribution in [-0.4, -0.2) is 44.8 Å². The van der Waals surface area contributed by atoms with Gasteiger partial charge in [0.15, 0.2) is 17.3 Å². The topological polar surface area (TPSA) is 44.8 Å². The molecule has 1 atom stereocenters. The van der Waals surface area contributed by atoms with E-state index in [1.807, 2.05) is 6.08 Å². The predicted octanol–water partition coefficient (Wildman–Crippen LogP) is 6.87. The molecule has 1 aromatic rings. The highest BCUT2D eigenvalue weighted by atomic mass is 16.7. The molecule has 0 saturated carbocycles. The van der Waals surface area contributed by atoms with Crippen LogP contribution < -0.4 is 14.2 Å². The van der Waals surface area contributed by atoms with Crippen LogP contribution in [0.3, 0.4) is 0 Å². The minimum Gasteiger partial charge on any atom is -0.492 e. The van der Waals surface area contributed by atoms with Crippen molar-refractivity contribution in [1.82, 2.24) is 0 Å². The van der Waals surface area contributed by atoms with Crippen molar-refractivity contribution in [2.24, 2.45) is 5.41 Å². The maximum Gasteiger partial charge on any atom is 0.231 e. The molecular weight excluding hydrogens is 450 g/mol. The van der Waals surface area contributed by atoms with Gasteiger partial charge in [0.25, 0.3) is 0 Å². The zero-order chi connectivity index (χ0) is 26.1. The van der Waals surface area contributed by atoms with Crippen molar-refractivity contribution in [3.63, 3.8) is 0 Å². The molecule has 2 aliphatic heterocycles. The molecule has 0 bridgehead atoms. The van der Waals surface area contributed by atoms with Crippen molar-refractivity contribution in [1.29, 1.82) is 0 Å². The molecule has 36 heavy (non-hydrogen) atoms. The van der Waals surface area contributed by atoms with E-state index in [1.165, 1.54) is 30.4 Å². The summed E-state index contributed by atoms with van der Waals surface area (Å²) in [7, 11) is 6.06. The highest BCUT2D eigenvalue weighted by molar-refractivity contribution is 5.90. The summed E-state index contributed by atoms with van der Waals surface area (Å²) < 4.78 is 17.9. The summed E-state index contributed by atoms with van der Waals surface area (Å²) >= 11 is 0. The van der Waals surface area contributed by atoms with Crippen molar-refractivity contribution >= 4 is 5.78 Å². The lowest BCUT2D eigenvalue weighted by atomic mass is 9.71. The van der Waals surface area contributed by atoms with Crippen molar-refractivity contribution in [3.8, 4) is 17.2 Å². The highest BCUT2D eigenvalue weighted by Gasteiger charge is 2.42. The zero-order valence-corrected chi connectivity index (χ0v) is 23.3. The Morgan fingerprint density at radius 2 is 2.03 bits per heavy atom. The molecule has 4 rings (SSSR count). The van der Waals surface area contributed by atoms with Crippen LogP contribution in [0.2, 0.25) is 0 Å². The van der Waals surface area contributed by atoms with Gasteiger partial charge in [-0.2, -0.15) is 0 Å². The van der Waals surface area contributed by atoms with Crippen molar-refractivity contribution in [2.75, 3.05) is 34.5 Å². The molecule has 5 heteroatoms. The first-order valence-corrected chi connectivity index (χ1v) is 13.4. The van der Waals surface area contributed by atoms with Crippen LogP contribution in [0.4, 0.5) is 0 Å². The lowest BCUT2D eigenvalue weighted by Crippen LogP contribution is -2.48. The van der Waals surface area contributed by atoms with Gasteiger partial charge in [-0.1, -0.05) is 42.7 Å². The number of carbonyl (C=O) groups excluding carboxylic acids is 1. The third-order valence-corrected chi connectivity index (χ3v) is 8.59. The fraction of sp³-hybridized carbons (Fsp3) is 0.581. The van der Waals surface area contributed by atoms with E-state index < -0.39 is 0 Å². The summed E-state index contributed by atoms with van der Waals surface area (Å²) in [4.78, 5) is 13.1. The van der Waals surface area contributed by atoms with Gasteiger partial charge in [-0.25, -0.2) is 0 Å². The summed E-state index contributed by atoms with van der Waals surface area (Å²) in [6, 6.07) is 2.08. The SMILES string of the molecule is COc1c2c(cc3c1C(CC(=O)C=CC=C(C)CCC1=C(C)CCCC1(C)C)[N+](C)(C)CC3)OCO2. The second-order valence-electron chi connectivity index (χ2n) is 12.0.